The summed E-state index contributed by atoms with van der Waals surface area (Å²) in [5, 5.41) is 3.61. The summed E-state index contributed by atoms with van der Waals surface area (Å²) in [7, 11) is 0. The largest absolute Gasteiger partial charge is 0.469 e. The Balaban J connectivity index is 1.59. The summed E-state index contributed by atoms with van der Waals surface area (Å²) in [6.45, 7) is 0.605. The maximum atomic E-state index is 11.6. The van der Waals surface area contributed by atoms with E-state index in [4.69, 9.17) is 16.0 Å². The number of thioether (sulfide) groups is 1. The lowest BCUT2D eigenvalue weighted by molar-refractivity contribution is -0.118. The number of amides is 1. The van der Waals surface area contributed by atoms with Gasteiger partial charge in [-0.1, -0.05) is 23.7 Å². The molecule has 0 bridgehead atoms. The third-order valence-electron chi connectivity index (χ3n) is 2.69. The molecule has 5 heteroatoms. The fourth-order valence-electron chi connectivity index (χ4n) is 1.67. The molecular weight excluding hydrogens is 294 g/mol. The molecule has 2 rings (SSSR count). The second-order valence-electron chi connectivity index (χ2n) is 4.30. The topological polar surface area (TPSA) is 42.2 Å². The van der Waals surface area contributed by atoms with Crippen molar-refractivity contribution in [3.05, 3.63) is 59.0 Å². The van der Waals surface area contributed by atoms with Gasteiger partial charge in [-0.25, -0.2) is 0 Å². The molecule has 0 aliphatic heterocycles. The molecule has 0 spiro atoms. The number of furan rings is 1. The van der Waals surface area contributed by atoms with Gasteiger partial charge in [0.25, 0.3) is 0 Å². The summed E-state index contributed by atoms with van der Waals surface area (Å²) in [5.74, 6) is 2.21. The van der Waals surface area contributed by atoms with Crippen LogP contribution in [0.3, 0.4) is 0 Å². The molecule has 1 N–H and O–H groups in total. The van der Waals surface area contributed by atoms with Crippen molar-refractivity contribution in [2.75, 3.05) is 12.3 Å². The van der Waals surface area contributed by atoms with Crippen LogP contribution in [0, 0.1) is 0 Å². The quantitative estimate of drug-likeness (QED) is 0.851. The Morgan fingerprint density at radius 2 is 2.05 bits per heavy atom. The standard InChI is InChI=1S/C15H16ClNO2S/c16-13-5-3-12(4-6-13)10-20-11-15(18)17-8-7-14-2-1-9-19-14/h1-6,9H,7-8,10-11H2,(H,17,18). The van der Waals surface area contributed by atoms with E-state index in [1.54, 1.807) is 18.0 Å². The normalized spacial score (nSPS) is 10.4. The van der Waals surface area contributed by atoms with Crippen LogP contribution in [-0.2, 0) is 17.0 Å². The summed E-state index contributed by atoms with van der Waals surface area (Å²) < 4.78 is 5.20. The summed E-state index contributed by atoms with van der Waals surface area (Å²) >= 11 is 7.41. The minimum absolute atomic E-state index is 0.0514. The zero-order valence-electron chi connectivity index (χ0n) is 11.0. The fourth-order valence-corrected chi connectivity index (χ4v) is 2.62. The van der Waals surface area contributed by atoms with Gasteiger partial charge in [-0.05, 0) is 29.8 Å². The summed E-state index contributed by atoms with van der Waals surface area (Å²) in [4.78, 5) is 11.6. The Bertz CT molecular complexity index is 525. The molecule has 0 unspecified atom stereocenters. The van der Waals surface area contributed by atoms with Crippen LogP contribution in [0.25, 0.3) is 0 Å². The monoisotopic (exact) mass is 309 g/mol. The van der Waals surface area contributed by atoms with Crippen molar-refractivity contribution in [1.82, 2.24) is 5.32 Å². The fraction of sp³-hybridized carbons (Fsp3) is 0.267. The lowest BCUT2D eigenvalue weighted by Crippen LogP contribution is -2.27. The zero-order valence-corrected chi connectivity index (χ0v) is 12.5. The molecule has 0 atom stereocenters. The van der Waals surface area contributed by atoms with E-state index in [1.165, 1.54) is 5.56 Å². The molecule has 3 nitrogen and oxygen atoms in total. The average Bonchev–Trinajstić information content (AvgIpc) is 2.94. The molecule has 1 amide bonds. The van der Waals surface area contributed by atoms with Crippen LogP contribution < -0.4 is 5.32 Å². The number of hydrogen-bond donors (Lipinski definition) is 1. The van der Waals surface area contributed by atoms with Crippen LogP contribution in [0.4, 0.5) is 0 Å². The molecule has 106 valence electrons. The van der Waals surface area contributed by atoms with E-state index in [0.717, 1.165) is 23.0 Å². The van der Waals surface area contributed by atoms with Gasteiger partial charge in [0.05, 0.1) is 12.0 Å². The highest BCUT2D eigenvalue weighted by Crippen LogP contribution is 2.15. The summed E-state index contributed by atoms with van der Waals surface area (Å²) in [5.41, 5.74) is 1.17. The molecular formula is C15H16ClNO2S. The van der Waals surface area contributed by atoms with Crippen molar-refractivity contribution >= 4 is 29.3 Å². The predicted molar refractivity (Wildman–Crippen MR) is 83.0 cm³/mol. The smallest absolute Gasteiger partial charge is 0.230 e. The van der Waals surface area contributed by atoms with Gasteiger partial charge in [-0.3, -0.25) is 4.79 Å². The Labute approximate surface area is 127 Å². The molecule has 0 saturated carbocycles. The van der Waals surface area contributed by atoms with E-state index in [0.29, 0.717) is 12.3 Å². The molecule has 0 aliphatic rings. The molecule has 20 heavy (non-hydrogen) atoms. The highest BCUT2D eigenvalue weighted by molar-refractivity contribution is 7.99. The van der Waals surface area contributed by atoms with Crippen LogP contribution in [0.1, 0.15) is 11.3 Å². The number of carbonyl (C=O) groups excluding carboxylic acids is 1. The van der Waals surface area contributed by atoms with Crippen LogP contribution in [0.2, 0.25) is 5.02 Å². The maximum absolute atomic E-state index is 11.6. The van der Waals surface area contributed by atoms with Crippen molar-refractivity contribution in [3.63, 3.8) is 0 Å². The Kier molecular flexibility index (Phi) is 6.02. The lowest BCUT2D eigenvalue weighted by Gasteiger charge is -2.04. The first-order valence-electron chi connectivity index (χ1n) is 6.35. The van der Waals surface area contributed by atoms with Gasteiger partial charge >= 0.3 is 0 Å². The van der Waals surface area contributed by atoms with Crippen LogP contribution >= 0.6 is 23.4 Å². The van der Waals surface area contributed by atoms with E-state index in [1.807, 2.05) is 36.4 Å². The molecule has 1 heterocycles. The van der Waals surface area contributed by atoms with Gasteiger partial charge in [0.15, 0.2) is 0 Å². The number of carbonyl (C=O) groups is 1. The second kappa shape index (κ2) is 8.02. The van der Waals surface area contributed by atoms with Crippen molar-refractivity contribution in [1.29, 1.82) is 0 Å². The average molecular weight is 310 g/mol. The van der Waals surface area contributed by atoms with Gasteiger partial charge in [-0.15, -0.1) is 11.8 Å². The Hall–Kier alpha value is -1.39. The van der Waals surface area contributed by atoms with Crippen molar-refractivity contribution < 1.29 is 9.21 Å². The predicted octanol–water partition coefficient (Wildman–Crippen LogP) is 3.53. The molecule has 1 aromatic carbocycles. The molecule has 2 aromatic rings. The minimum Gasteiger partial charge on any atom is -0.469 e. The van der Waals surface area contributed by atoms with Crippen molar-refractivity contribution in [2.24, 2.45) is 0 Å². The Morgan fingerprint density at radius 3 is 2.75 bits per heavy atom. The first-order chi connectivity index (χ1) is 9.74. The number of hydrogen-bond acceptors (Lipinski definition) is 3. The number of halogens is 1. The first-order valence-corrected chi connectivity index (χ1v) is 7.88. The van der Waals surface area contributed by atoms with E-state index in [2.05, 4.69) is 5.32 Å². The van der Waals surface area contributed by atoms with Gasteiger partial charge in [0.1, 0.15) is 5.76 Å². The maximum Gasteiger partial charge on any atom is 0.230 e. The van der Waals surface area contributed by atoms with Gasteiger partial charge < -0.3 is 9.73 Å². The summed E-state index contributed by atoms with van der Waals surface area (Å²) in [6, 6.07) is 11.4. The SMILES string of the molecule is O=C(CSCc1ccc(Cl)cc1)NCCc1ccco1. The highest BCUT2D eigenvalue weighted by atomic mass is 35.5. The summed E-state index contributed by atoms with van der Waals surface area (Å²) in [6.07, 6.45) is 2.36. The van der Waals surface area contributed by atoms with E-state index in [9.17, 15) is 4.79 Å². The lowest BCUT2D eigenvalue weighted by atomic mass is 10.2. The van der Waals surface area contributed by atoms with Crippen LogP contribution in [0.15, 0.2) is 47.1 Å². The Morgan fingerprint density at radius 1 is 1.25 bits per heavy atom. The van der Waals surface area contributed by atoms with E-state index >= 15 is 0 Å². The number of benzene rings is 1. The van der Waals surface area contributed by atoms with Gasteiger partial charge in [0, 0.05) is 23.7 Å². The third kappa shape index (κ3) is 5.31. The zero-order chi connectivity index (χ0) is 14.2. The van der Waals surface area contributed by atoms with Crippen LogP contribution in [0.5, 0.6) is 0 Å². The van der Waals surface area contributed by atoms with Crippen molar-refractivity contribution in [2.45, 2.75) is 12.2 Å². The molecule has 0 saturated heterocycles. The van der Waals surface area contributed by atoms with Gasteiger partial charge in [0.2, 0.25) is 5.91 Å². The molecule has 0 fully saturated rings. The van der Waals surface area contributed by atoms with Crippen LogP contribution in [-0.4, -0.2) is 18.2 Å². The first kappa shape index (κ1) is 15.0. The van der Waals surface area contributed by atoms with Gasteiger partial charge in [-0.2, -0.15) is 0 Å². The number of nitrogens with one attached hydrogen (secondary N) is 1. The minimum atomic E-state index is 0.0514. The van der Waals surface area contributed by atoms with E-state index in [-0.39, 0.29) is 5.91 Å². The highest BCUT2D eigenvalue weighted by Gasteiger charge is 2.02. The molecule has 1 aromatic heterocycles. The molecule has 0 radical (unpaired) electrons. The molecule has 0 aliphatic carbocycles. The van der Waals surface area contributed by atoms with E-state index < -0.39 is 0 Å². The third-order valence-corrected chi connectivity index (χ3v) is 3.94. The second-order valence-corrected chi connectivity index (χ2v) is 5.72. The number of rotatable bonds is 7. The van der Waals surface area contributed by atoms with Crippen molar-refractivity contribution in [3.8, 4) is 0 Å².